The lowest BCUT2D eigenvalue weighted by Crippen LogP contribution is -2.28. The Labute approximate surface area is 134 Å². The van der Waals surface area contributed by atoms with Crippen LogP contribution in [-0.2, 0) is 4.79 Å². The first kappa shape index (κ1) is 16.9. The van der Waals surface area contributed by atoms with Crippen LogP contribution in [0.5, 0.6) is 11.5 Å². The monoisotopic (exact) mass is 328 g/mol. The SMILES string of the molecule is CNCCCC(=O)NCC(O)c1cc(Cl)c2c(c1)OCCO2. The molecule has 1 aromatic carbocycles. The van der Waals surface area contributed by atoms with Gasteiger partial charge in [0.25, 0.3) is 0 Å². The Hall–Kier alpha value is -1.50. The van der Waals surface area contributed by atoms with Crippen molar-refractivity contribution in [3.05, 3.63) is 22.7 Å². The number of hydrogen-bond donors (Lipinski definition) is 3. The first-order chi connectivity index (χ1) is 10.6. The highest BCUT2D eigenvalue weighted by Gasteiger charge is 2.19. The van der Waals surface area contributed by atoms with Crippen molar-refractivity contribution in [2.24, 2.45) is 0 Å². The van der Waals surface area contributed by atoms with Crippen molar-refractivity contribution in [3.63, 3.8) is 0 Å². The summed E-state index contributed by atoms with van der Waals surface area (Å²) in [7, 11) is 1.84. The second-order valence-electron chi connectivity index (χ2n) is 5.05. The molecule has 1 unspecified atom stereocenters. The van der Waals surface area contributed by atoms with Crippen LogP contribution in [0.25, 0.3) is 0 Å². The maximum Gasteiger partial charge on any atom is 0.220 e. The second-order valence-corrected chi connectivity index (χ2v) is 5.46. The van der Waals surface area contributed by atoms with E-state index >= 15 is 0 Å². The van der Waals surface area contributed by atoms with Gasteiger partial charge in [0.1, 0.15) is 13.2 Å². The van der Waals surface area contributed by atoms with Crippen LogP contribution in [0.1, 0.15) is 24.5 Å². The minimum atomic E-state index is -0.846. The number of benzene rings is 1. The van der Waals surface area contributed by atoms with Crippen LogP contribution in [0.15, 0.2) is 12.1 Å². The van der Waals surface area contributed by atoms with E-state index in [0.29, 0.717) is 41.7 Å². The van der Waals surface area contributed by atoms with Crippen molar-refractivity contribution in [1.29, 1.82) is 0 Å². The number of amides is 1. The average Bonchev–Trinajstić information content (AvgIpc) is 2.53. The molecule has 1 amide bonds. The van der Waals surface area contributed by atoms with Gasteiger partial charge >= 0.3 is 0 Å². The number of aliphatic hydroxyl groups is 1. The zero-order chi connectivity index (χ0) is 15.9. The van der Waals surface area contributed by atoms with Gasteiger partial charge < -0.3 is 25.2 Å². The molecule has 1 aliphatic rings. The topological polar surface area (TPSA) is 79.8 Å². The number of hydrogen-bond acceptors (Lipinski definition) is 5. The van der Waals surface area contributed by atoms with Gasteiger partial charge in [-0.2, -0.15) is 0 Å². The van der Waals surface area contributed by atoms with E-state index in [0.717, 1.165) is 13.0 Å². The lowest BCUT2D eigenvalue weighted by molar-refractivity contribution is -0.121. The Morgan fingerprint density at radius 2 is 2.18 bits per heavy atom. The Balaban J connectivity index is 1.91. The minimum Gasteiger partial charge on any atom is -0.486 e. The molecule has 0 aromatic heterocycles. The highest BCUT2D eigenvalue weighted by molar-refractivity contribution is 6.32. The number of ether oxygens (including phenoxy) is 2. The largest absolute Gasteiger partial charge is 0.486 e. The number of rotatable bonds is 7. The summed E-state index contributed by atoms with van der Waals surface area (Å²) in [5, 5.41) is 16.3. The van der Waals surface area contributed by atoms with Crippen molar-refractivity contribution < 1.29 is 19.4 Å². The summed E-state index contributed by atoms with van der Waals surface area (Å²) >= 11 is 6.13. The number of halogens is 1. The van der Waals surface area contributed by atoms with Crippen LogP contribution < -0.4 is 20.1 Å². The van der Waals surface area contributed by atoms with E-state index in [1.54, 1.807) is 12.1 Å². The van der Waals surface area contributed by atoms with E-state index < -0.39 is 6.10 Å². The second kappa shape index (κ2) is 8.22. The van der Waals surface area contributed by atoms with Crippen LogP contribution in [0.2, 0.25) is 5.02 Å². The predicted octanol–water partition coefficient (Wildman–Crippen LogP) is 1.26. The molecule has 0 saturated carbocycles. The van der Waals surface area contributed by atoms with Gasteiger partial charge in [0.15, 0.2) is 11.5 Å². The van der Waals surface area contributed by atoms with E-state index in [2.05, 4.69) is 10.6 Å². The lowest BCUT2D eigenvalue weighted by atomic mass is 10.1. The third-order valence-corrected chi connectivity index (χ3v) is 3.61. The van der Waals surface area contributed by atoms with Crippen molar-refractivity contribution in [2.75, 3.05) is 33.4 Å². The normalized spacial score (nSPS) is 14.5. The molecule has 0 bridgehead atoms. The van der Waals surface area contributed by atoms with Gasteiger partial charge in [-0.1, -0.05) is 11.6 Å². The molecule has 0 saturated heterocycles. The summed E-state index contributed by atoms with van der Waals surface area (Å²) in [5.41, 5.74) is 0.588. The van der Waals surface area contributed by atoms with Gasteiger partial charge in [0.2, 0.25) is 5.91 Å². The molecule has 7 heteroatoms. The van der Waals surface area contributed by atoms with Gasteiger partial charge in [-0.3, -0.25) is 4.79 Å². The number of nitrogens with one attached hydrogen (secondary N) is 2. The highest BCUT2D eigenvalue weighted by Crippen LogP contribution is 2.39. The first-order valence-corrected chi connectivity index (χ1v) is 7.68. The summed E-state index contributed by atoms with van der Waals surface area (Å²) < 4.78 is 10.9. The van der Waals surface area contributed by atoms with E-state index in [9.17, 15) is 9.90 Å². The molecule has 122 valence electrons. The third kappa shape index (κ3) is 4.50. The molecule has 1 heterocycles. The zero-order valence-electron chi connectivity index (χ0n) is 12.5. The zero-order valence-corrected chi connectivity index (χ0v) is 13.3. The fraction of sp³-hybridized carbons (Fsp3) is 0.533. The van der Waals surface area contributed by atoms with Crippen molar-refractivity contribution in [1.82, 2.24) is 10.6 Å². The highest BCUT2D eigenvalue weighted by atomic mass is 35.5. The third-order valence-electron chi connectivity index (χ3n) is 3.33. The van der Waals surface area contributed by atoms with E-state index in [1.807, 2.05) is 7.05 Å². The fourth-order valence-electron chi connectivity index (χ4n) is 2.17. The van der Waals surface area contributed by atoms with Crippen LogP contribution >= 0.6 is 11.6 Å². The predicted molar refractivity (Wildman–Crippen MR) is 83.6 cm³/mol. The number of fused-ring (bicyclic) bond motifs is 1. The first-order valence-electron chi connectivity index (χ1n) is 7.30. The molecular formula is C15H21ClN2O4. The molecule has 22 heavy (non-hydrogen) atoms. The summed E-state index contributed by atoms with van der Waals surface area (Å²) in [6.45, 7) is 1.82. The summed E-state index contributed by atoms with van der Waals surface area (Å²) in [6, 6.07) is 3.32. The summed E-state index contributed by atoms with van der Waals surface area (Å²) in [5.74, 6) is 0.936. The van der Waals surface area contributed by atoms with Crippen LogP contribution in [0.3, 0.4) is 0 Å². The van der Waals surface area contributed by atoms with E-state index in [4.69, 9.17) is 21.1 Å². The number of carbonyl (C=O) groups is 1. The molecular weight excluding hydrogens is 308 g/mol. The summed E-state index contributed by atoms with van der Waals surface area (Å²) in [6.07, 6.45) is 0.338. The maximum absolute atomic E-state index is 11.6. The average molecular weight is 329 g/mol. The van der Waals surface area contributed by atoms with Crippen LogP contribution in [-0.4, -0.2) is 44.4 Å². The van der Waals surface area contributed by atoms with Crippen LogP contribution in [0.4, 0.5) is 0 Å². The Morgan fingerprint density at radius 3 is 2.95 bits per heavy atom. The van der Waals surface area contributed by atoms with Crippen LogP contribution in [0, 0.1) is 0 Å². The van der Waals surface area contributed by atoms with Crippen molar-refractivity contribution >= 4 is 17.5 Å². The van der Waals surface area contributed by atoms with Crippen molar-refractivity contribution in [3.8, 4) is 11.5 Å². The molecule has 0 aliphatic carbocycles. The molecule has 2 rings (SSSR count). The minimum absolute atomic E-state index is 0.0852. The summed E-state index contributed by atoms with van der Waals surface area (Å²) in [4.78, 5) is 11.6. The Kier molecular flexibility index (Phi) is 6.30. The molecule has 1 aliphatic heterocycles. The quantitative estimate of drug-likeness (QED) is 0.657. The molecule has 0 fully saturated rings. The number of carbonyl (C=O) groups excluding carboxylic acids is 1. The Morgan fingerprint density at radius 1 is 1.41 bits per heavy atom. The lowest BCUT2D eigenvalue weighted by Gasteiger charge is -2.21. The molecule has 1 aromatic rings. The standard InChI is InChI=1S/C15H21ClN2O4/c1-17-4-2-3-14(20)18-9-12(19)10-7-11(16)15-13(8-10)21-5-6-22-15/h7-8,12,17,19H,2-6,9H2,1H3,(H,18,20). The fourth-order valence-corrected chi connectivity index (χ4v) is 2.44. The van der Waals surface area contributed by atoms with Crippen molar-refractivity contribution in [2.45, 2.75) is 18.9 Å². The number of aliphatic hydroxyl groups excluding tert-OH is 1. The van der Waals surface area contributed by atoms with Gasteiger partial charge in [-0.15, -0.1) is 0 Å². The molecule has 0 radical (unpaired) electrons. The maximum atomic E-state index is 11.6. The molecule has 6 nitrogen and oxygen atoms in total. The Bertz CT molecular complexity index is 525. The van der Waals surface area contributed by atoms with E-state index in [1.165, 1.54) is 0 Å². The molecule has 0 spiro atoms. The molecule has 1 atom stereocenters. The van der Waals surface area contributed by atoms with Gasteiger partial charge in [0, 0.05) is 13.0 Å². The van der Waals surface area contributed by atoms with Gasteiger partial charge in [-0.05, 0) is 37.7 Å². The molecule has 3 N–H and O–H groups in total. The van der Waals surface area contributed by atoms with Gasteiger partial charge in [-0.25, -0.2) is 0 Å². The van der Waals surface area contributed by atoms with Gasteiger partial charge in [0.05, 0.1) is 11.1 Å². The smallest absolute Gasteiger partial charge is 0.220 e. The van der Waals surface area contributed by atoms with E-state index in [-0.39, 0.29) is 12.5 Å².